The quantitative estimate of drug-likeness (QED) is 0.466. The molecule has 0 heterocycles. The number of unbranched alkanes of at least 4 members (excludes halogenated alkanes) is 7. The summed E-state index contributed by atoms with van der Waals surface area (Å²) in [4.78, 5) is 11.0. The van der Waals surface area contributed by atoms with Crippen molar-refractivity contribution in [1.82, 2.24) is 0 Å². The van der Waals surface area contributed by atoms with E-state index in [1.165, 1.54) is 50.5 Å². The van der Waals surface area contributed by atoms with Crippen LogP contribution in [0.4, 0.5) is 0 Å². The van der Waals surface area contributed by atoms with E-state index < -0.39 is 5.97 Å². The lowest BCUT2D eigenvalue weighted by Crippen LogP contribution is -2.10. The molecule has 0 amide bonds. The summed E-state index contributed by atoms with van der Waals surface area (Å²) in [6.45, 7) is 2.24. The molecule has 1 saturated carbocycles. The summed E-state index contributed by atoms with van der Waals surface area (Å²) in [7, 11) is 0. The molecular formula is C16H28O2. The van der Waals surface area contributed by atoms with E-state index in [1.54, 1.807) is 0 Å². The Labute approximate surface area is 111 Å². The molecular weight excluding hydrogens is 224 g/mol. The maximum absolute atomic E-state index is 11.0. The smallest absolute Gasteiger partial charge is 0.310 e. The van der Waals surface area contributed by atoms with Gasteiger partial charge < -0.3 is 5.11 Å². The maximum atomic E-state index is 11.0. The van der Waals surface area contributed by atoms with Gasteiger partial charge in [0.05, 0.1) is 5.92 Å². The van der Waals surface area contributed by atoms with Crippen molar-refractivity contribution in [2.24, 2.45) is 5.92 Å². The van der Waals surface area contributed by atoms with Gasteiger partial charge in [0, 0.05) is 0 Å². The van der Waals surface area contributed by atoms with Crippen molar-refractivity contribution in [3.63, 3.8) is 0 Å². The molecule has 0 aromatic rings. The summed E-state index contributed by atoms with van der Waals surface area (Å²) in [5.41, 5.74) is 1.19. The lowest BCUT2D eigenvalue weighted by atomic mass is 10.0. The van der Waals surface area contributed by atoms with Gasteiger partial charge in [-0.05, 0) is 32.1 Å². The molecule has 18 heavy (non-hydrogen) atoms. The van der Waals surface area contributed by atoms with Gasteiger partial charge in [-0.15, -0.1) is 0 Å². The monoisotopic (exact) mass is 252 g/mol. The average Bonchev–Trinajstić information content (AvgIpc) is 2.81. The molecule has 1 atom stereocenters. The van der Waals surface area contributed by atoms with E-state index >= 15 is 0 Å². The topological polar surface area (TPSA) is 37.3 Å². The van der Waals surface area contributed by atoms with Gasteiger partial charge in [0.25, 0.3) is 0 Å². The summed E-state index contributed by atoms with van der Waals surface area (Å²) in [5, 5.41) is 9.07. The summed E-state index contributed by atoms with van der Waals surface area (Å²) < 4.78 is 0. The normalized spacial score (nSPS) is 21.6. The van der Waals surface area contributed by atoms with Crippen LogP contribution in [-0.4, -0.2) is 11.1 Å². The van der Waals surface area contributed by atoms with Crippen molar-refractivity contribution in [1.29, 1.82) is 0 Å². The number of hydrogen-bond acceptors (Lipinski definition) is 1. The van der Waals surface area contributed by atoms with Crippen LogP contribution >= 0.6 is 0 Å². The first-order valence-electron chi connectivity index (χ1n) is 7.67. The number of allylic oxidation sites excluding steroid dienone is 1. The molecule has 0 spiro atoms. The van der Waals surface area contributed by atoms with Crippen LogP contribution in [0.5, 0.6) is 0 Å². The second-order valence-electron chi connectivity index (χ2n) is 5.47. The third kappa shape index (κ3) is 5.70. The van der Waals surface area contributed by atoms with Crippen LogP contribution < -0.4 is 0 Å². The van der Waals surface area contributed by atoms with Gasteiger partial charge in [0.1, 0.15) is 0 Å². The van der Waals surface area contributed by atoms with Crippen LogP contribution in [0.2, 0.25) is 0 Å². The van der Waals surface area contributed by atoms with Gasteiger partial charge in [0.2, 0.25) is 0 Å². The number of carboxylic acids is 1. The zero-order valence-electron chi connectivity index (χ0n) is 11.8. The largest absolute Gasteiger partial charge is 0.481 e. The SMILES string of the molecule is CCCCCCCCC/C=C1\CCCC1C(=O)O. The first-order valence-corrected chi connectivity index (χ1v) is 7.67. The van der Waals surface area contributed by atoms with Gasteiger partial charge in [-0.1, -0.05) is 57.1 Å². The number of hydrogen-bond donors (Lipinski definition) is 1. The van der Waals surface area contributed by atoms with Crippen LogP contribution in [-0.2, 0) is 4.79 Å². The average molecular weight is 252 g/mol. The van der Waals surface area contributed by atoms with Gasteiger partial charge in [-0.25, -0.2) is 0 Å². The molecule has 1 rings (SSSR count). The summed E-state index contributed by atoms with van der Waals surface area (Å²) in [6, 6.07) is 0. The molecule has 2 heteroatoms. The standard InChI is InChI=1S/C16H28O2/c1-2-3-4-5-6-7-8-9-11-14-12-10-13-15(14)16(17)18/h11,15H,2-10,12-13H2,1H3,(H,17,18)/b14-11+. The van der Waals surface area contributed by atoms with Crippen molar-refractivity contribution in [3.05, 3.63) is 11.6 Å². The van der Waals surface area contributed by atoms with E-state index in [-0.39, 0.29) is 5.92 Å². The second-order valence-corrected chi connectivity index (χ2v) is 5.47. The first kappa shape index (κ1) is 15.3. The van der Waals surface area contributed by atoms with Crippen LogP contribution in [0.1, 0.15) is 77.6 Å². The Balaban J connectivity index is 2.07. The Morgan fingerprint density at radius 3 is 2.56 bits per heavy atom. The predicted molar refractivity (Wildman–Crippen MR) is 75.7 cm³/mol. The van der Waals surface area contributed by atoms with Crippen molar-refractivity contribution in [2.75, 3.05) is 0 Å². The van der Waals surface area contributed by atoms with Crippen molar-refractivity contribution < 1.29 is 9.90 Å². The minimum absolute atomic E-state index is 0.172. The Morgan fingerprint density at radius 1 is 1.22 bits per heavy atom. The van der Waals surface area contributed by atoms with Crippen molar-refractivity contribution in [2.45, 2.75) is 77.6 Å². The maximum Gasteiger partial charge on any atom is 0.310 e. The van der Waals surface area contributed by atoms with E-state index in [0.29, 0.717) is 0 Å². The fourth-order valence-corrected chi connectivity index (χ4v) is 2.79. The number of carboxylic acid groups (broad SMARTS) is 1. The molecule has 104 valence electrons. The molecule has 0 aromatic heterocycles. The fraction of sp³-hybridized carbons (Fsp3) is 0.812. The van der Waals surface area contributed by atoms with E-state index in [4.69, 9.17) is 5.11 Å². The van der Waals surface area contributed by atoms with Crippen LogP contribution in [0, 0.1) is 5.92 Å². The molecule has 0 aliphatic heterocycles. The van der Waals surface area contributed by atoms with E-state index in [1.807, 2.05) is 0 Å². The molecule has 0 radical (unpaired) electrons. The Bertz CT molecular complexity index is 268. The van der Waals surface area contributed by atoms with E-state index in [9.17, 15) is 4.79 Å². The van der Waals surface area contributed by atoms with Gasteiger partial charge in [-0.3, -0.25) is 4.79 Å². The molecule has 1 aliphatic carbocycles. The highest BCUT2D eigenvalue weighted by Crippen LogP contribution is 2.31. The molecule has 1 aliphatic rings. The lowest BCUT2D eigenvalue weighted by molar-refractivity contribution is -0.140. The highest BCUT2D eigenvalue weighted by atomic mass is 16.4. The summed E-state index contributed by atoms with van der Waals surface area (Å²) >= 11 is 0. The van der Waals surface area contributed by atoms with Gasteiger partial charge in [-0.2, -0.15) is 0 Å². The first-order chi connectivity index (χ1) is 8.75. The Morgan fingerprint density at radius 2 is 1.89 bits per heavy atom. The number of aliphatic carboxylic acids is 1. The summed E-state index contributed by atoms with van der Waals surface area (Å²) in [6.07, 6.45) is 15.5. The zero-order chi connectivity index (χ0) is 13.2. The zero-order valence-corrected chi connectivity index (χ0v) is 11.8. The second kappa shape index (κ2) is 9.18. The molecule has 1 unspecified atom stereocenters. The lowest BCUT2D eigenvalue weighted by Gasteiger charge is -2.06. The fourth-order valence-electron chi connectivity index (χ4n) is 2.79. The molecule has 0 saturated heterocycles. The van der Waals surface area contributed by atoms with Crippen molar-refractivity contribution in [3.8, 4) is 0 Å². The van der Waals surface area contributed by atoms with Gasteiger partial charge >= 0.3 is 5.97 Å². The minimum Gasteiger partial charge on any atom is -0.481 e. The molecule has 0 aromatic carbocycles. The van der Waals surface area contributed by atoms with E-state index in [0.717, 1.165) is 25.7 Å². The molecule has 0 bridgehead atoms. The minimum atomic E-state index is -0.627. The number of carbonyl (C=O) groups is 1. The Hall–Kier alpha value is -0.790. The van der Waals surface area contributed by atoms with Crippen LogP contribution in [0.3, 0.4) is 0 Å². The van der Waals surface area contributed by atoms with Crippen molar-refractivity contribution >= 4 is 5.97 Å². The van der Waals surface area contributed by atoms with Gasteiger partial charge in [0.15, 0.2) is 0 Å². The number of rotatable bonds is 9. The third-order valence-corrected chi connectivity index (χ3v) is 3.92. The highest BCUT2D eigenvalue weighted by molar-refractivity contribution is 5.74. The van der Waals surface area contributed by atoms with Crippen LogP contribution in [0.25, 0.3) is 0 Å². The molecule has 1 N–H and O–H groups in total. The van der Waals surface area contributed by atoms with E-state index in [2.05, 4.69) is 13.0 Å². The molecule has 1 fully saturated rings. The summed E-state index contributed by atoms with van der Waals surface area (Å²) in [5.74, 6) is -0.798. The highest BCUT2D eigenvalue weighted by Gasteiger charge is 2.26. The van der Waals surface area contributed by atoms with Crippen LogP contribution in [0.15, 0.2) is 11.6 Å². The third-order valence-electron chi connectivity index (χ3n) is 3.92. The predicted octanol–water partition coefficient (Wildman–Crippen LogP) is 4.94. The Kier molecular flexibility index (Phi) is 7.79. The molecule has 2 nitrogen and oxygen atoms in total.